The highest BCUT2D eigenvalue weighted by molar-refractivity contribution is 9.10. The van der Waals surface area contributed by atoms with Crippen molar-refractivity contribution in [1.29, 1.82) is 0 Å². The van der Waals surface area contributed by atoms with Crippen molar-refractivity contribution in [3.8, 4) is 0 Å². The fourth-order valence-corrected chi connectivity index (χ4v) is 3.43. The molecule has 1 aromatic carbocycles. The molecule has 0 saturated heterocycles. The quantitative estimate of drug-likeness (QED) is 0.578. The summed E-state index contributed by atoms with van der Waals surface area (Å²) in [5.74, 6) is 0.204. The summed E-state index contributed by atoms with van der Waals surface area (Å²) in [7, 11) is 0. The van der Waals surface area contributed by atoms with Gasteiger partial charge >= 0.3 is 0 Å². The van der Waals surface area contributed by atoms with Gasteiger partial charge in [0.2, 0.25) is 5.91 Å². The van der Waals surface area contributed by atoms with E-state index in [0.29, 0.717) is 12.0 Å². The van der Waals surface area contributed by atoms with Gasteiger partial charge in [-0.3, -0.25) is 9.59 Å². The van der Waals surface area contributed by atoms with Crippen LogP contribution in [0.15, 0.2) is 16.6 Å². The number of nitrogens with zero attached hydrogens (tertiary/aromatic N) is 1. The van der Waals surface area contributed by atoms with E-state index < -0.39 is 0 Å². The standard InChI is InChI=1S/C17H22BrNO2/c1-3-4-5-8-17(21)14-11-16-13(10-15(14)18)7-6-9-19(16)12(2)20/h10-11H,3-9H2,1-2H3. The van der Waals surface area contributed by atoms with Gasteiger partial charge < -0.3 is 4.90 Å². The number of Topliss-reactive ketones (excluding diaryl/α,β-unsaturated/α-hetero) is 1. The Hall–Kier alpha value is -1.16. The Kier molecular flexibility index (Phi) is 5.57. The molecule has 0 N–H and O–H groups in total. The first-order chi connectivity index (χ1) is 10.0. The predicted octanol–water partition coefficient (Wildman–Crippen LogP) is 4.51. The largest absolute Gasteiger partial charge is 0.312 e. The minimum absolute atomic E-state index is 0.0441. The van der Waals surface area contributed by atoms with Crippen LogP contribution in [0, 0.1) is 0 Å². The number of anilines is 1. The molecule has 0 aliphatic carbocycles. The van der Waals surface area contributed by atoms with Crippen molar-refractivity contribution in [1.82, 2.24) is 0 Å². The van der Waals surface area contributed by atoms with E-state index in [0.717, 1.165) is 54.4 Å². The molecule has 0 fully saturated rings. The number of carbonyl (C=O) groups excluding carboxylic acids is 2. The second-order valence-corrected chi connectivity index (χ2v) is 6.47. The van der Waals surface area contributed by atoms with Crippen LogP contribution in [0.3, 0.4) is 0 Å². The smallest absolute Gasteiger partial charge is 0.223 e. The summed E-state index contributed by atoms with van der Waals surface area (Å²) < 4.78 is 0.855. The predicted molar refractivity (Wildman–Crippen MR) is 89.0 cm³/mol. The Morgan fingerprint density at radius 1 is 1.29 bits per heavy atom. The van der Waals surface area contributed by atoms with E-state index in [-0.39, 0.29) is 11.7 Å². The molecule has 0 saturated carbocycles. The maximum absolute atomic E-state index is 12.4. The third-order valence-electron chi connectivity index (χ3n) is 3.97. The molecule has 3 nitrogen and oxygen atoms in total. The summed E-state index contributed by atoms with van der Waals surface area (Å²) in [5.41, 5.74) is 2.77. The number of fused-ring (bicyclic) bond motifs is 1. The van der Waals surface area contributed by atoms with E-state index in [4.69, 9.17) is 0 Å². The number of carbonyl (C=O) groups is 2. The molecular formula is C17H22BrNO2. The Bertz CT molecular complexity index is 554. The molecule has 0 radical (unpaired) electrons. The highest BCUT2D eigenvalue weighted by atomic mass is 79.9. The van der Waals surface area contributed by atoms with Crippen molar-refractivity contribution in [2.75, 3.05) is 11.4 Å². The third kappa shape index (κ3) is 3.73. The van der Waals surface area contributed by atoms with Gasteiger partial charge in [0, 0.05) is 35.6 Å². The number of aryl methyl sites for hydroxylation is 1. The summed E-state index contributed by atoms with van der Waals surface area (Å²) in [4.78, 5) is 25.9. The molecule has 1 aliphatic rings. The number of halogens is 1. The zero-order valence-corrected chi connectivity index (χ0v) is 14.3. The molecule has 0 unspecified atom stereocenters. The fourth-order valence-electron chi connectivity index (χ4n) is 2.81. The van der Waals surface area contributed by atoms with Crippen molar-refractivity contribution < 1.29 is 9.59 Å². The van der Waals surface area contributed by atoms with Gasteiger partial charge in [-0.2, -0.15) is 0 Å². The Labute approximate surface area is 134 Å². The normalized spacial score (nSPS) is 14.0. The van der Waals surface area contributed by atoms with Crippen molar-refractivity contribution >= 4 is 33.3 Å². The number of hydrogen-bond acceptors (Lipinski definition) is 2. The zero-order valence-electron chi connectivity index (χ0n) is 12.7. The molecular weight excluding hydrogens is 330 g/mol. The molecule has 0 bridgehead atoms. The average molecular weight is 352 g/mol. The molecule has 4 heteroatoms. The lowest BCUT2D eigenvalue weighted by atomic mass is 9.96. The highest BCUT2D eigenvalue weighted by Gasteiger charge is 2.23. The highest BCUT2D eigenvalue weighted by Crippen LogP contribution is 2.33. The van der Waals surface area contributed by atoms with E-state index in [2.05, 4.69) is 22.9 Å². The van der Waals surface area contributed by atoms with Crippen molar-refractivity contribution in [2.45, 2.75) is 52.4 Å². The van der Waals surface area contributed by atoms with E-state index in [9.17, 15) is 9.59 Å². The summed E-state index contributed by atoms with van der Waals surface area (Å²) in [5, 5.41) is 0. The number of ketones is 1. The van der Waals surface area contributed by atoms with E-state index in [1.54, 1.807) is 11.8 Å². The SMILES string of the molecule is CCCCCC(=O)c1cc2c(cc1Br)CCCN2C(C)=O. The molecule has 1 aromatic rings. The summed E-state index contributed by atoms with van der Waals surface area (Å²) in [6, 6.07) is 3.91. The zero-order chi connectivity index (χ0) is 15.4. The molecule has 1 heterocycles. The summed E-state index contributed by atoms with van der Waals surface area (Å²) in [6.45, 7) is 4.46. The maximum Gasteiger partial charge on any atom is 0.223 e. The van der Waals surface area contributed by atoms with Crippen LogP contribution in [0.4, 0.5) is 5.69 Å². The van der Waals surface area contributed by atoms with Crippen LogP contribution in [0.2, 0.25) is 0 Å². The Morgan fingerprint density at radius 3 is 2.71 bits per heavy atom. The number of amides is 1. The molecule has 21 heavy (non-hydrogen) atoms. The number of unbranched alkanes of at least 4 members (excludes halogenated alkanes) is 2. The van der Waals surface area contributed by atoms with Gasteiger partial charge in [0.25, 0.3) is 0 Å². The summed E-state index contributed by atoms with van der Waals surface area (Å²) >= 11 is 3.52. The first-order valence-corrected chi connectivity index (χ1v) is 8.47. The van der Waals surface area contributed by atoms with Gasteiger partial charge in [-0.1, -0.05) is 35.7 Å². The van der Waals surface area contributed by atoms with Crippen molar-refractivity contribution in [2.24, 2.45) is 0 Å². The van der Waals surface area contributed by atoms with Gasteiger partial charge in [-0.15, -0.1) is 0 Å². The number of benzene rings is 1. The Morgan fingerprint density at radius 2 is 2.05 bits per heavy atom. The van der Waals surface area contributed by atoms with E-state index in [1.807, 2.05) is 12.1 Å². The minimum Gasteiger partial charge on any atom is -0.312 e. The first kappa shape index (κ1) is 16.2. The minimum atomic E-state index is 0.0441. The molecule has 0 atom stereocenters. The van der Waals surface area contributed by atoms with Gasteiger partial charge in [0.1, 0.15) is 0 Å². The molecule has 0 aromatic heterocycles. The van der Waals surface area contributed by atoms with Crippen LogP contribution in [0.1, 0.15) is 61.9 Å². The van der Waals surface area contributed by atoms with E-state index in [1.165, 1.54) is 0 Å². The van der Waals surface area contributed by atoms with Crippen molar-refractivity contribution in [3.05, 3.63) is 27.7 Å². The van der Waals surface area contributed by atoms with E-state index >= 15 is 0 Å². The Balaban J connectivity index is 2.29. The van der Waals surface area contributed by atoms with Crippen LogP contribution < -0.4 is 4.90 Å². The average Bonchev–Trinajstić information content (AvgIpc) is 2.45. The fraction of sp³-hybridized carbons (Fsp3) is 0.529. The molecule has 0 spiro atoms. The number of rotatable bonds is 5. The van der Waals surface area contributed by atoms with Crippen LogP contribution >= 0.6 is 15.9 Å². The lowest BCUT2D eigenvalue weighted by molar-refractivity contribution is -0.116. The van der Waals surface area contributed by atoms with Gasteiger partial charge in [0.15, 0.2) is 5.78 Å². The maximum atomic E-state index is 12.4. The van der Waals surface area contributed by atoms with Gasteiger partial charge in [-0.25, -0.2) is 0 Å². The van der Waals surface area contributed by atoms with Crippen molar-refractivity contribution in [3.63, 3.8) is 0 Å². The topological polar surface area (TPSA) is 37.4 Å². The molecule has 114 valence electrons. The monoisotopic (exact) mass is 351 g/mol. The van der Waals surface area contributed by atoms with Gasteiger partial charge in [0.05, 0.1) is 0 Å². The molecule has 2 rings (SSSR count). The molecule has 1 amide bonds. The lowest BCUT2D eigenvalue weighted by Gasteiger charge is -2.29. The van der Waals surface area contributed by atoms with Gasteiger partial charge in [-0.05, 0) is 37.0 Å². The van der Waals surface area contributed by atoms with Crippen LogP contribution in [0.5, 0.6) is 0 Å². The number of hydrogen-bond donors (Lipinski definition) is 0. The van der Waals surface area contributed by atoms with Crippen LogP contribution in [-0.4, -0.2) is 18.2 Å². The second kappa shape index (κ2) is 7.21. The first-order valence-electron chi connectivity index (χ1n) is 7.68. The molecule has 1 aliphatic heterocycles. The van der Waals surface area contributed by atoms with Crippen LogP contribution in [0.25, 0.3) is 0 Å². The third-order valence-corrected chi connectivity index (χ3v) is 4.63. The summed E-state index contributed by atoms with van der Waals surface area (Å²) in [6.07, 6.45) is 5.62. The van der Waals surface area contributed by atoms with Crippen LogP contribution in [-0.2, 0) is 11.2 Å². The second-order valence-electron chi connectivity index (χ2n) is 5.62. The lowest BCUT2D eigenvalue weighted by Crippen LogP contribution is -2.33.